The number of fused-ring (bicyclic) bond motifs is 1. The predicted octanol–water partition coefficient (Wildman–Crippen LogP) is 3.36. The molecular formula is C20H18N4O2S2. The Labute approximate surface area is 169 Å². The lowest BCUT2D eigenvalue weighted by Crippen LogP contribution is -2.37. The first-order valence-corrected chi connectivity index (χ1v) is 10.5. The van der Waals surface area contributed by atoms with Gasteiger partial charge in [-0.15, -0.1) is 23.1 Å². The van der Waals surface area contributed by atoms with Gasteiger partial charge in [0.2, 0.25) is 0 Å². The molecule has 0 saturated carbocycles. The first-order chi connectivity index (χ1) is 13.5. The van der Waals surface area contributed by atoms with Gasteiger partial charge in [-0.25, -0.2) is 14.8 Å². The van der Waals surface area contributed by atoms with Gasteiger partial charge in [0.05, 0.1) is 4.88 Å². The van der Waals surface area contributed by atoms with E-state index in [1.165, 1.54) is 40.3 Å². The average molecular weight is 411 g/mol. The largest absolute Gasteiger partial charge is 0.332 e. The maximum Gasteiger partial charge on any atom is 0.332 e. The van der Waals surface area contributed by atoms with E-state index in [-0.39, 0.29) is 5.56 Å². The standard InChI is InChI=1S/C20H18N4O2S2/c1-12-6-8-13(9-7-12)11-28-18-15-17(23(2)20(26)24(3)19(15)25)21-16(22-18)14-5-4-10-27-14/h4-10H,11H2,1-3H3. The van der Waals surface area contributed by atoms with E-state index in [4.69, 9.17) is 0 Å². The number of hydrogen-bond acceptors (Lipinski definition) is 6. The third kappa shape index (κ3) is 3.29. The van der Waals surface area contributed by atoms with Crippen LogP contribution >= 0.6 is 23.1 Å². The monoisotopic (exact) mass is 410 g/mol. The van der Waals surface area contributed by atoms with Gasteiger partial charge in [-0.3, -0.25) is 13.9 Å². The lowest BCUT2D eigenvalue weighted by Gasteiger charge is -2.11. The molecule has 0 saturated heterocycles. The van der Waals surface area contributed by atoms with Crippen LogP contribution in [-0.4, -0.2) is 19.1 Å². The fraction of sp³-hybridized carbons (Fsp3) is 0.200. The Hall–Kier alpha value is -2.71. The Morgan fingerprint density at radius 2 is 1.79 bits per heavy atom. The molecule has 0 aliphatic heterocycles. The van der Waals surface area contributed by atoms with E-state index >= 15 is 0 Å². The molecule has 0 aliphatic rings. The Morgan fingerprint density at radius 1 is 1.04 bits per heavy atom. The minimum atomic E-state index is -0.400. The van der Waals surface area contributed by atoms with Gasteiger partial charge in [0, 0.05) is 19.8 Å². The molecule has 0 fully saturated rings. The second kappa shape index (κ2) is 7.37. The molecule has 8 heteroatoms. The number of benzene rings is 1. The summed E-state index contributed by atoms with van der Waals surface area (Å²) >= 11 is 3.00. The highest BCUT2D eigenvalue weighted by molar-refractivity contribution is 7.98. The van der Waals surface area contributed by atoms with Gasteiger partial charge in [0.1, 0.15) is 10.4 Å². The Bertz CT molecular complexity index is 1270. The molecule has 0 unspecified atom stereocenters. The molecule has 4 rings (SSSR count). The fourth-order valence-corrected chi connectivity index (χ4v) is 4.51. The zero-order chi connectivity index (χ0) is 19.8. The minimum absolute atomic E-state index is 0.359. The molecule has 0 radical (unpaired) electrons. The van der Waals surface area contributed by atoms with Crippen LogP contribution in [0, 0.1) is 6.92 Å². The maximum atomic E-state index is 12.8. The van der Waals surface area contributed by atoms with E-state index in [2.05, 4.69) is 34.2 Å². The molecule has 0 bridgehead atoms. The summed E-state index contributed by atoms with van der Waals surface area (Å²) in [5, 5.41) is 2.91. The molecule has 142 valence electrons. The molecule has 3 heterocycles. The van der Waals surface area contributed by atoms with Gasteiger partial charge in [-0.1, -0.05) is 35.9 Å². The van der Waals surface area contributed by atoms with Crippen LogP contribution in [0.1, 0.15) is 11.1 Å². The summed E-state index contributed by atoms with van der Waals surface area (Å²) in [6, 6.07) is 12.1. The normalized spacial score (nSPS) is 11.2. The van der Waals surface area contributed by atoms with Crippen LogP contribution in [0.2, 0.25) is 0 Å². The second-order valence-electron chi connectivity index (χ2n) is 6.51. The summed E-state index contributed by atoms with van der Waals surface area (Å²) in [6.45, 7) is 2.05. The van der Waals surface area contributed by atoms with Crippen molar-refractivity contribution in [1.29, 1.82) is 0 Å². The Morgan fingerprint density at radius 3 is 2.46 bits per heavy atom. The van der Waals surface area contributed by atoms with E-state index < -0.39 is 5.69 Å². The lowest BCUT2D eigenvalue weighted by atomic mass is 10.2. The fourth-order valence-electron chi connectivity index (χ4n) is 2.89. The molecule has 28 heavy (non-hydrogen) atoms. The third-order valence-electron chi connectivity index (χ3n) is 4.50. The summed E-state index contributed by atoms with van der Waals surface area (Å²) < 4.78 is 2.51. The Balaban J connectivity index is 1.90. The topological polar surface area (TPSA) is 69.8 Å². The summed E-state index contributed by atoms with van der Waals surface area (Å²) in [6.07, 6.45) is 0. The van der Waals surface area contributed by atoms with E-state index in [0.717, 1.165) is 15.0 Å². The molecule has 0 spiro atoms. The van der Waals surface area contributed by atoms with Gasteiger partial charge in [-0.2, -0.15) is 0 Å². The van der Waals surface area contributed by atoms with Crippen molar-refractivity contribution >= 4 is 34.1 Å². The number of aryl methyl sites for hydroxylation is 2. The molecule has 0 atom stereocenters. The zero-order valence-electron chi connectivity index (χ0n) is 15.7. The number of aromatic nitrogens is 4. The third-order valence-corrected chi connectivity index (χ3v) is 6.42. The van der Waals surface area contributed by atoms with Crippen molar-refractivity contribution in [2.24, 2.45) is 14.1 Å². The van der Waals surface area contributed by atoms with Crippen LogP contribution in [0.3, 0.4) is 0 Å². The van der Waals surface area contributed by atoms with Crippen molar-refractivity contribution in [3.63, 3.8) is 0 Å². The molecule has 0 aliphatic carbocycles. The molecule has 3 aromatic heterocycles. The number of rotatable bonds is 4. The van der Waals surface area contributed by atoms with Crippen molar-refractivity contribution in [3.8, 4) is 10.7 Å². The smallest absolute Gasteiger partial charge is 0.280 e. The van der Waals surface area contributed by atoms with Crippen molar-refractivity contribution in [2.45, 2.75) is 17.7 Å². The van der Waals surface area contributed by atoms with Crippen LogP contribution in [-0.2, 0) is 19.8 Å². The van der Waals surface area contributed by atoms with Crippen molar-refractivity contribution in [1.82, 2.24) is 19.1 Å². The Kier molecular flexibility index (Phi) is 4.91. The molecule has 1 aromatic carbocycles. The molecule has 4 aromatic rings. The van der Waals surface area contributed by atoms with Crippen LogP contribution in [0.25, 0.3) is 21.7 Å². The first-order valence-electron chi connectivity index (χ1n) is 8.65. The van der Waals surface area contributed by atoms with E-state index in [1.807, 2.05) is 24.4 Å². The van der Waals surface area contributed by atoms with E-state index in [1.54, 1.807) is 7.05 Å². The molecule has 0 N–H and O–H groups in total. The number of nitrogens with zero attached hydrogens (tertiary/aromatic N) is 4. The lowest BCUT2D eigenvalue weighted by molar-refractivity contribution is 0.703. The van der Waals surface area contributed by atoms with Gasteiger partial charge in [-0.05, 0) is 23.9 Å². The SMILES string of the molecule is Cc1ccc(CSc2nc(-c3cccs3)nc3c2c(=O)n(C)c(=O)n3C)cc1. The quantitative estimate of drug-likeness (QED) is 0.381. The molecular weight excluding hydrogens is 392 g/mol. The summed E-state index contributed by atoms with van der Waals surface area (Å²) in [5.74, 6) is 1.19. The minimum Gasteiger partial charge on any atom is -0.280 e. The highest BCUT2D eigenvalue weighted by Crippen LogP contribution is 2.30. The number of thioether (sulfide) groups is 1. The van der Waals surface area contributed by atoms with E-state index in [9.17, 15) is 9.59 Å². The highest BCUT2D eigenvalue weighted by atomic mass is 32.2. The predicted molar refractivity (Wildman–Crippen MR) is 114 cm³/mol. The van der Waals surface area contributed by atoms with Crippen LogP contribution in [0.4, 0.5) is 0 Å². The van der Waals surface area contributed by atoms with E-state index in [0.29, 0.717) is 27.6 Å². The summed E-state index contributed by atoms with van der Waals surface area (Å²) in [4.78, 5) is 35.3. The van der Waals surface area contributed by atoms with Crippen molar-refractivity contribution in [3.05, 3.63) is 73.7 Å². The van der Waals surface area contributed by atoms with Crippen molar-refractivity contribution < 1.29 is 0 Å². The number of thiophene rings is 1. The highest BCUT2D eigenvalue weighted by Gasteiger charge is 2.18. The van der Waals surface area contributed by atoms with Crippen LogP contribution < -0.4 is 11.2 Å². The van der Waals surface area contributed by atoms with Crippen LogP contribution in [0.15, 0.2) is 56.4 Å². The van der Waals surface area contributed by atoms with Crippen LogP contribution in [0.5, 0.6) is 0 Å². The van der Waals surface area contributed by atoms with Gasteiger partial charge < -0.3 is 0 Å². The first kappa shape index (κ1) is 18.6. The van der Waals surface area contributed by atoms with Gasteiger partial charge in [0.15, 0.2) is 11.5 Å². The molecule has 0 amide bonds. The van der Waals surface area contributed by atoms with Crippen molar-refractivity contribution in [2.75, 3.05) is 0 Å². The number of hydrogen-bond donors (Lipinski definition) is 0. The second-order valence-corrected chi connectivity index (χ2v) is 8.42. The average Bonchev–Trinajstić information content (AvgIpc) is 3.24. The summed E-state index contributed by atoms with van der Waals surface area (Å²) in [5.41, 5.74) is 1.93. The maximum absolute atomic E-state index is 12.8. The van der Waals surface area contributed by atoms with Gasteiger partial charge >= 0.3 is 5.69 Å². The van der Waals surface area contributed by atoms with Gasteiger partial charge in [0.25, 0.3) is 5.56 Å². The zero-order valence-corrected chi connectivity index (χ0v) is 17.3. The summed E-state index contributed by atoms with van der Waals surface area (Å²) in [7, 11) is 3.11. The molecule has 6 nitrogen and oxygen atoms in total.